The van der Waals surface area contributed by atoms with Crippen molar-refractivity contribution in [3.63, 3.8) is 0 Å². The van der Waals surface area contributed by atoms with Crippen LogP contribution in [0.3, 0.4) is 0 Å². The van der Waals surface area contributed by atoms with E-state index >= 15 is 0 Å². The second kappa shape index (κ2) is 11.2. The lowest BCUT2D eigenvalue weighted by Gasteiger charge is -2.30. The quantitative estimate of drug-likeness (QED) is 0.389. The topological polar surface area (TPSA) is 72.8 Å². The van der Waals surface area contributed by atoms with E-state index < -0.39 is 11.6 Å². The number of ketones is 1. The summed E-state index contributed by atoms with van der Waals surface area (Å²) in [6.07, 6.45) is 3.57. The zero-order valence-corrected chi connectivity index (χ0v) is 20.2. The van der Waals surface area contributed by atoms with Crippen LogP contribution in [-0.4, -0.2) is 23.0 Å². The van der Waals surface area contributed by atoms with Crippen LogP contribution in [0.5, 0.6) is 11.5 Å². The number of aryl methyl sites for hydroxylation is 2. The van der Waals surface area contributed by atoms with Crippen molar-refractivity contribution in [3.05, 3.63) is 58.7 Å². The molecule has 2 rings (SSSR count). The predicted molar refractivity (Wildman–Crippen MR) is 127 cm³/mol. The van der Waals surface area contributed by atoms with E-state index in [2.05, 4.69) is 13.8 Å². The van der Waals surface area contributed by atoms with Crippen LogP contribution in [0.1, 0.15) is 87.9 Å². The van der Waals surface area contributed by atoms with E-state index in [-0.39, 0.29) is 11.9 Å². The molecule has 0 aromatic heterocycles. The van der Waals surface area contributed by atoms with Crippen molar-refractivity contribution in [1.82, 2.24) is 0 Å². The highest BCUT2D eigenvalue weighted by molar-refractivity contribution is 5.96. The van der Waals surface area contributed by atoms with Gasteiger partial charge in [0, 0.05) is 17.5 Å². The fourth-order valence-electron chi connectivity index (χ4n) is 3.71. The zero-order valence-electron chi connectivity index (χ0n) is 20.2. The molecule has 1 atom stereocenters. The number of carboxylic acids is 1. The van der Waals surface area contributed by atoms with Gasteiger partial charge in [0.1, 0.15) is 11.5 Å². The second-order valence-electron chi connectivity index (χ2n) is 8.53. The van der Waals surface area contributed by atoms with Crippen LogP contribution >= 0.6 is 0 Å². The summed E-state index contributed by atoms with van der Waals surface area (Å²) in [5.41, 5.74) is 1.36. The molecule has 5 nitrogen and oxygen atoms in total. The van der Waals surface area contributed by atoms with E-state index in [4.69, 9.17) is 9.47 Å². The summed E-state index contributed by atoms with van der Waals surface area (Å²) >= 11 is 0. The summed E-state index contributed by atoms with van der Waals surface area (Å²) in [5.74, 6) is 0.257. The molecule has 0 saturated heterocycles. The molecule has 1 unspecified atom stereocenters. The summed E-state index contributed by atoms with van der Waals surface area (Å²) in [6, 6.07) is 10.7. The van der Waals surface area contributed by atoms with Gasteiger partial charge in [-0.1, -0.05) is 45.7 Å². The smallest absolute Gasteiger partial charge is 0.352 e. The maximum Gasteiger partial charge on any atom is 0.352 e. The Morgan fingerprint density at radius 1 is 0.969 bits per heavy atom. The maximum atomic E-state index is 12.4. The lowest BCUT2D eigenvalue weighted by molar-refractivity contribution is -0.154. The maximum absolute atomic E-state index is 12.4. The summed E-state index contributed by atoms with van der Waals surface area (Å²) in [6.45, 7) is 11.4. The number of ether oxygens (including phenoxy) is 2. The molecule has 0 radical (unpaired) electrons. The van der Waals surface area contributed by atoms with E-state index in [1.165, 1.54) is 0 Å². The minimum absolute atomic E-state index is 0.0282. The molecule has 0 aliphatic carbocycles. The molecule has 0 aliphatic heterocycles. The third-order valence-electron chi connectivity index (χ3n) is 5.42. The van der Waals surface area contributed by atoms with Gasteiger partial charge in [0.2, 0.25) is 5.60 Å². The van der Waals surface area contributed by atoms with Crippen molar-refractivity contribution in [2.45, 2.75) is 85.4 Å². The SMILES string of the molecule is CCCc1cc(C(=O)CC)cc(CCC)c1OC(C)(C(=O)O)c1ccc(OC(C)C)cc1. The number of hydrogen-bond donors (Lipinski definition) is 1. The Bertz CT molecular complexity index is 903. The molecule has 174 valence electrons. The highest BCUT2D eigenvalue weighted by atomic mass is 16.5. The van der Waals surface area contributed by atoms with Crippen molar-refractivity contribution in [1.29, 1.82) is 0 Å². The van der Waals surface area contributed by atoms with E-state index in [0.717, 1.165) is 24.0 Å². The van der Waals surface area contributed by atoms with Crippen LogP contribution in [0.15, 0.2) is 36.4 Å². The molecule has 32 heavy (non-hydrogen) atoms. The number of carbonyl (C=O) groups excluding carboxylic acids is 1. The van der Waals surface area contributed by atoms with Crippen LogP contribution in [-0.2, 0) is 23.2 Å². The molecule has 0 fully saturated rings. The minimum Gasteiger partial charge on any atom is -0.491 e. The van der Waals surface area contributed by atoms with Gasteiger partial charge in [-0.05, 0) is 69.0 Å². The Labute approximate surface area is 191 Å². The highest BCUT2D eigenvalue weighted by Gasteiger charge is 2.39. The number of carboxylic acid groups (broad SMARTS) is 1. The number of aliphatic carboxylic acids is 1. The van der Waals surface area contributed by atoms with Gasteiger partial charge < -0.3 is 14.6 Å². The molecule has 0 spiro atoms. The zero-order chi connectivity index (χ0) is 23.9. The first-order chi connectivity index (χ1) is 15.2. The lowest BCUT2D eigenvalue weighted by atomic mass is 9.93. The average molecular weight is 441 g/mol. The van der Waals surface area contributed by atoms with Crippen molar-refractivity contribution >= 4 is 11.8 Å². The van der Waals surface area contributed by atoms with E-state index in [1.54, 1.807) is 31.2 Å². The molecule has 0 amide bonds. The Morgan fingerprint density at radius 3 is 1.91 bits per heavy atom. The first kappa shape index (κ1) is 25.4. The molecule has 0 bridgehead atoms. The Kier molecular flexibility index (Phi) is 8.88. The number of benzene rings is 2. The standard InChI is InChI=1S/C27H36O5/c1-7-10-19-16-21(24(28)9-3)17-20(11-8-2)25(19)32-27(6,26(29)30)22-12-14-23(15-13-22)31-18(4)5/h12-18H,7-11H2,1-6H3,(H,29,30). The summed E-state index contributed by atoms with van der Waals surface area (Å²) in [5, 5.41) is 10.2. The van der Waals surface area contributed by atoms with Gasteiger partial charge in [0.05, 0.1) is 6.10 Å². The van der Waals surface area contributed by atoms with Gasteiger partial charge in [-0.15, -0.1) is 0 Å². The highest BCUT2D eigenvalue weighted by Crippen LogP contribution is 2.36. The van der Waals surface area contributed by atoms with Crippen LogP contribution in [0.2, 0.25) is 0 Å². The van der Waals surface area contributed by atoms with Gasteiger partial charge in [-0.3, -0.25) is 4.79 Å². The fraction of sp³-hybridized carbons (Fsp3) is 0.481. The molecular weight excluding hydrogens is 404 g/mol. The Hall–Kier alpha value is -2.82. The first-order valence-electron chi connectivity index (χ1n) is 11.5. The predicted octanol–water partition coefficient (Wildman–Crippen LogP) is 6.35. The van der Waals surface area contributed by atoms with E-state index in [1.807, 2.05) is 32.9 Å². The molecule has 1 N–H and O–H groups in total. The number of rotatable bonds is 12. The Balaban J connectivity index is 2.57. The van der Waals surface area contributed by atoms with Crippen molar-refractivity contribution in [2.75, 3.05) is 0 Å². The molecular formula is C27H36O5. The summed E-state index contributed by atoms with van der Waals surface area (Å²) < 4.78 is 12.0. The normalized spacial score (nSPS) is 13.0. The third-order valence-corrected chi connectivity index (χ3v) is 5.42. The monoisotopic (exact) mass is 440 g/mol. The van der Waals surface area contributed by atoms with Crippen LogP contribution in [0, 0.1) is 0 Å². The molecule has 0 aliphatic rings. The first-order valence-corrected chi connectivity index (χ1v) is 11.5. The Morgan fingerprint density at radius 2 is 1.50 bits per heavy atom. The minimum atomic E-state index is -1.59. The molecule has 2 aromatic carbocycles. The van der Waals surface area contributed by atoms with Gasteiger partial charge in [0.15, 0.2) is 5.78 Å². The number of hydrogen-bond acceptors (Lipinski definition) is 4. The van der Waals surface area contributed by atoms with E-state index in [0.29, 0.717) is 41.9 Å². The van der Waals surface area contributed by atoms with Crippen molar-refractivity contribution in [3.8, 4) is 11.5 Å². The average Bonchev–Trinajstić information content (AvgIpc) is 2.75. The summed E-state index contributed by atoms with van der Waals surface area (Å²) in [7, 11) is 0. The second-order valence-corrected chi connectivity index (χ2v) is 8.53. The molecule has 2 aromatic rings. The number of Topliss-reactive ketones (excluding diaryl/α,β-unsaturated/α-hetero) is 1. The van der Waals surface area contributed by atoms with Gasteiger partial charge >= 0.3 is 5.97 Å². The third kappa shape index (κ3) is 5.90. The van der Waals surface area contributed by atoms with Gasteiger partial charge in [0.25, 0.3) is 0 Å². The van der Waals surface area contributed by atoms with E-state index in [9.17, 15) is 14.7 Å². The lowest BCUT2D eigenvalue weighted by Crippen LogP contribution is -2.39. The van der Waals surface area contributed by atoms with Gasteiger partial charge in [-0.25, -0.2) is 4.79 Å². The molecule has 0 saturated carbocycles. The molecule has 0 heterocycles. The molecule has 5 heteroatoms. The van der Waals surface area contributed by atoms with Crippen molar-refractivity contribution < 1.29 is 24.2 Å². The van der Waals surface area contributed by atoms with Crippen LogP contribution in [0.25, 0.3) is 0 Å². The van der Waals surface area contributed by atoms with Crippen LogP contribution < -0.4 is 9.47 Å². The largest absolute Gasteiger partial charge is 0.491 e. The number of carbonyl (C=O) groups is 2. The summed E-state index contributed by atoms with van der Waals surface area (Å²) in [4.78, 5) is 24.9. The van der Waals surface area contributed by atoms with Crippen LogP contribution in [0.4, 0.5) is 0 Å². The van der Waals surface area contributed by atoms with Crippen molar-refractivity contribution in [2.24, 2.45) is 0 Å². The fourth-order valence-corrected chi connectivity index (χ4v) is 3.71. The van der Waals surface area contributed by atoms with Gasteiger partial charge in [-0.2, -0.15) is 0 Å².